The highest BCUT2D eigenvalue weighted by Gasteiger charge is 2.48. The zero-order chi connectivity index (χ0) is 40.6. The summed E-state index contributed by atoms with van der Waals surface area (Å²) >= 11 is 0. The first-order valence-corrected chi connectivity index (χ1v) is 18.6. The largest absolute Gasteiger partial charge is 0.508 e. The van der Waals surface area contributed by atoms with Gasteiger partial charge in [0.15, 0.2) is 6.10 Å². The van der Waals surface area contributed by atoms with Gasteiger partial charge in [0.25, 0.3) is 0 Å². The molecule has 3 aliphatic rings. The van der Waals surface area contributed by atoms with Crippen LogP contribution in [0.5, 0.6) is 63.2 Å². The lowest BCUT2D eigenvalue weighted by atomic mass is 9.74. The first-order chi connectivity index (χ1) is 27.9. The van der Waals surface area contributed by atoms with E-state index in [9.17, 15) is 51.1 Å². The van der Waals surface area contributed by atoms with Crippen molar-refractivity contribution in [1.29, 1.82) is 0 Å². The molecule has 7 atom stereocenters. The fourth-order valence-corrected chi connectivity index (χ4v) is 8.63. The first kappa shape index (κ1) is 36.7. The van der Waals surface area contributed by atoms with E-state index in [4.69, 9.17) is 14.2 Å². The van der Waals surface area contributed by atoms with Crippen LogP contribution in [0.4, 0.5) is 0 Å². The maximum absolute atomic E-state index is 12.5. The van der Waals surface area contributed by atoms with Crippen LogP contribution in [0, 0.1) is 0 Å². The van der Waals surface area contributed by atoms with E-state index >= 15 is 0 Å². The van der Waals surface area contributed by atoms with Gasteiger partial charge in [0.05, 0.1) is 12.0 Å². The van der Waals surface area contributed by atoms with Gasteiger partial charge in [0, 0.05) is 58.4 Å². The van der Waals surface area contributed by atoms with Crippen molar-refractivity contribution in [3.63, 3.8) is 0 Å². The van der Waals surface area contributed by atoms with Crippen molar-refractivity contribution >= 4 is 0 Å². The molecule has 0 saturated heterocycles. The number of phenolic OH excluding ortho intramolecular Hbond substituents is 8. The second-order valence-corrected chi connectivity index (χ2v) is 14.9. The van der Waals surface area contributed by atoms with Crippen LogP contribution in [0.2, 0.25) is 0 Å². The van der Waals surface area contributed by atoms with Crippen molar-refractivity contribution in [1.82, 2.24) is 0 Å². The summed E-state index contributed by atoms with van der Waals surface area (Å²) < 4.78 is 19.5. The Morgan fingerprint density at radius 1 is 0.466 bits per heavy atom. The lowest BCUT2D eigenvalue weighted by Crippen LogP contribution is -2.37. The number of aromatic hydroxyl groups is 8. The summed E-state index contributed by atoms with van der Waals surface area (Å²) in [5.41, 5.74) is 2.35. The molecular formula is C45H38O13. The summed E-state index contributed by atoms with van der Waals surface area (Å²) in [6.07, 6.45) is -5.67. The van der Waals surface area contributed by atoms with Gasteiger partial charge in [0.1, 0.15) is 81.6 Å². The van der Waals surface area contributed by atoms with Crippen molar-refractivity contribution in [3.8, 4) is 63.2 Å². The average molecular weight is 787 g/mol. The summed E-state index contributed by atoms with van der Waals surface area (Å²) in [7, 11) is 0. The summed E-state index contributed by atoms with van der Waals surface area (Å²) in [6.45, 7) is 0. The summed E-state index contributed by atoms with van der Waals surface area (Å²) in [5.74, 6) is -3.75. The standard InChI is InChI=1S/C45H38O13/c46-23-7-1-20(2-8-23)35-17-28(27-14-13-26(49)15-36(27)56-35)37-31(51)19-33(53)39-40(41(55)43(58-45(37)39)22-5-11-25(48)12-6-22)38-32(52)18-30(50)29-16-34(54)42(57-44(29)38)21-3-9-24(47)10-4-21/h1-15,18-19,28,34-35,40-43,46-55H,16-17H2. The van der Waals surface area contributed by atoms with Gasteiger partial charge in [0.2, 0.25) is 0 Å². The fourth-order valence-electron chi connectivity index (χ4n) is 8.63. The number of fused-ring (bicyclic) bond motifs is 3. The van der Waals surface area contributed by atoms with Gasteiger partial charge in [-0.1, -0.05) is 42.5 Å². The third-order valence-electron chi connectivity index (χ3n) is 11.4. The highest BCUT2D eigenvalue weighted by atomic mass is 16.5. The topological polar surface area (TPSA) is 230 Å². The van der Waals surface area contributed by atoms with E-state index in [2.05, 4.69) is 0 Å². The van der Waals surface area contributed by atoms with Gasteiger partial charge in [-0.25, -0.2) is 0 Å². The normalized spacial score (nSPS) is 23.3. The Labute approximate surface area is 330 Å². The third kappa shape index (κ3) is 6.12. The molecule has 0 amide bonds. The number of aliphatic hydroxyl groups excluding tert-OH is 2. The molecule has 9 rings (SSSR count). The Hall–Kier alpha value is -6.96. The zero-order valence-corrected chi connectivity index (χ0v) is 30.5. The lowest BCUT2D eigenvalue weighted by molar-refractivity contribution is 0.000418. The third-order valence-corrected chi connectivity index (χ3v) is 11.4. The molecular weight excluding hydrogens is 748 g/mol. The van der Waals surface area contributed by atoms with Crippen LogP contribution < -0.4 is 14.2 Å². The van der Waals surface area contributed by atoms with Crippen molar-refractivity contribution < 1.29 is 65.3 Å². The van der Waals surface area contributed by atoms with Crippen molar-refractivity contribution in [3.05, 3.63) is 148 Å². The molecule has 0 aliphatic carbocycles. The van der Waals surface area contributed by atoms with Crippen LogP contribution >= 0.6 is 0 Å². The van der Waals surface area contributed by atoms with E-state index in [1.807, 2.05) is 0 Å². The van der Waals surface area contributed by atoms with E-state index in [1.54, 1.807) is 42.5 Å². The molecule has 0 bridgehead atoms. The van der Waals surface area contributed by atoms with Crippen LogP contribution in [0.25, 0.3) is 0 Å². The Kier molecular flexibility index (Phi) is 8.79. The second kappa shape index (κ2) is 13.9. The minimum Gasteiger partial charge on any atom is -0.508 e. The number of benzene rings is 6. The molecule has 58 heavy (non-hydrogen) atoms. The molecule has 0 radical (unpaired) electrons. The van der Waals surface area contributed by atoms with Crippen LogP contribution in [-0.2, 0) is 6.42 Å². The maximum atomic E-state index is 12.5. The number of ether oxygens (including phenoxy) is 3. The zero-order valence-electron chi connectivity index (χ0n) is 30.5. The van der Waals surface area contributed by atoms with Gasteiger partial charge >= 0.3 is 0 Å². The average Bonchev–Trinajstić information content (AvgIpc) is 3.19. The summed E-state index contributed by atoms with van der Waals surface area (Å²) in [6, 6.07) is 25.1. The van der Waals surface area contributed by atoms with Crippen molar-refractivity contribution in [2.24, 2.45) is 0 Å². The first-order valence-electron chi connectivity index (χ1n) is 18.6. The van der Waals surface area contributed by atoms with E-state index in [0.717, 1.165) is 12.1 Å². The molecule has 0 aromatic heterocycles. The number of phenols is 8. The highest BCUT2D eigenvalue weighted by Crippen LogP contribution is 2.61. The number of aliphatic hydroxyl groups is 2. The van der Waals surface area contributed by atoms with Crippen LogP contribution in [0.15, 0.2) is 103 Å². The van der Waals surface area contributed by atoms with Crippen LogP contribution in [0.1, 0.15) is 81.1 Å². The predicted octanol–water partition coefficient (Wildman–Crippen LogP) is 6.65. The van der Waals surface area contributed by atoms with Crippen molar-refractivity contribution in [2.75, 3.05) is 0 Å². The molecule has 3 heterocycles. The van der Waals surface area contributed by atoms with Crippen molar-refractivity contribution in [2.45, 2.75) is 55.2 Å². The molecule has 6 aromatic carbocycles. The SMILES string of the molecule is Oc1ccc(C2CC(c3c(O)cc(O)c4c3OC(c3ccc(O)cc3)C(O)C4c3c(O)cc(O)c4c3OC(c3ccc(O)cc3)C(O)C4)c3ccc(O)cc3O2)cc1. The Morgan fingerprint density at radius 3 is 1.59 bits per heavy atom. The number of hydrogen-bond donors (Lipinski definition) is 10. The van der Waals surface area contributed by atoms with Crippen LogP contribution in [0.3, 0.4) is 0 Å². The molecule has 0 saturated carbocycles. The van der Waals surface area contributed by atoms with Gasteiger partial charge in [-0.2, -0.15) is 0 Å². The smallest absolute Gasteiger partial charge is 0.150 e. The molecule has 13 heteroatoms. The van der Waals surface area contributed by atoms with Crippen LogP contribution in [-0.4, -0.2) is 63.3 Å². The monoisotopic (exact) mass is 786 g/mol. The van der Waals surface area contributed by atoms with Gasteiger partial charge in [-0.15, -0.1) is 0 Å². The quantitative estimate of drug-likeness (QED) is 0.0884. The minimum atomic E-state index is -1.59. The Bertz CT molecular complexity index is 2540. The second-order valence-electron chi connectivity index (χ2n) is 14.9. The molecule has 296 valence electrons. The molecule has 10 N–H and O–H groups in total. The number of hydrogen-bond acceptors (Lipinski definition) is 13. The maximum Gasteiger partial charge on any atom is 0.150 e. The summed E-state index contributed by atoms with van der Waals surface area (Å²) in [5, 5.41) is 111. The van der Waals surface area contributed by atoms with E-state index in [0.29, 0.717) is 28.0 Å². The molecule has 13 nitrogen and oxygen atoms in total. The lowest BCUT2D eigenvalue weighted by Gasteiger charge is -2.42. The molecule has 3 aliphatic heterocycles. The predicted molar refractivity (Wildman–Crippen MR) is 206 cm³/mol. The highest BCUT2D eigenvalue weighted by molar-refractivity contribution is 5.69. The fraction of sp³-hybridized carbons (Fsp3) is 0.200. The van der Waals surface area contributed by atoms with E-state index < -0.39 is 53.9 Å². The van der Waals surface area contributed by atoms with Gasteiger partial charge < -0.3 is 65.3 Å². The Morgan fingerprint density at radius 2 is 0.966 bits per heavy atom. The molecule has 0 fully saturated rings. The van der Waals surface area contributed by atoms with Gasteiger partial charge in [-0.05, 0) is 65.6 Å². The van der Waals surface area contributed by atoms with E-state index in [1.165, 1.54) is 48.5 Å². The molecule has 6 aromatic rings. The number of rotatable bonds is 5. The van der Waals surface area contributed by atoms with Gasteiger partial charge in [-0.3, -0.25) is 0 Å². The summed E-state index contributed by atoms with van der Waals surface area (Å²) in [4.78, 5) is 0. The Balaban J connectivity index is 1.27. The molecule has 0 spiro atoms. The van der Waals surface area contributed by atoms with E-state index in [-0.39, 0.29) is 81.1 Å². The molecule has 7 unspecified atom stereocenters. The minimum absolute atomic E-state index is 0.0134.